The molecular weight excluding hydrogens is 392 g/mol. The summed E-state index contributed by atoms with van der Waals surface area (Å²) >= 11 is 1.59. The van der Waals surface area contributed by atoms with Gasteiger partial charge in [-0.15, -0.1) is 11.3 Å². The number of nitrogen functional groups attached to an aromatic ring is 1. The first-order chi connectivity index (χ1) is 14.7. The molecule has 0 amide bonds. The Labute approximate surface area is 182 Å². The SMILES string of the molecule is C=C(NCCc1ccc(N2CCNCC2)cc1)c1sc2nc(NCC)ccc2c1N. The smallest absolute Gasteiger partial charge is 0.128 e. The maximum atomic E-state index is 6.37. The van der Waals surface area contributed by atoms with Crippen LogP contribution in [0.25, 0.3) is 15.9 Å². The Morgan fingerprint density at radius 3 is 2.70 bits per heavy atom. The fraction of sp³-hybridized carbons (Fsp3) is 0.348. The molecule has 5 N–H and O–H groups in total. The van der Waals surface area contributed by atoms with Crippen LogP contribution < -0.4 is 26.6 Å². The first-order valence-electron chi connectivity index (χ1n) is 10.6. The van der Waals surface area contributed by atoms with Crippen LogP contribution in [0.15, 0.2) is 43.0 Å². The highest BCUT2D eigenvalue weighted by Gasteiger charge is 2.14. The van der Waals surface area contributed by atoms with E-state index in [0.29, 0.717) is 0 Å². The summed E-state index contributed by atoms with van der Waals surface area (Å²) in [5, 5.41) is 11.1. The van der Waals surface area contributed by atoms with E-state index in [1.54, 1.807) is 11.3 Å². The molecule has 2 aromatic heterocycles. The molecule has 1 aromatic carbocycles. The molecule has 4 rings (SSSR count). The Morgan fingerprint density at radius 2 is 1.97 bits per heavy atom. The molecule has 0 unspecified atom stereocenters. The van der Waals surface area contributed by atoms with Gasteiger partial charge in [-0.2, -0.15) is 0 Å². The van der Waals surface area contributed by atoms with E-state index < -0.39 is 0 Å². The molecule has 0 saturated carbocycles. The van der Waals surface area contributed by atoms with Gasteiger partial charge in [-0.1, -0.05) is 18.7 Å². The van der Waals surface area contributed by atoms with Crippen LogP contribution in [0.3, 0.4) is 0 Å². The van der Waals surface area contributed by atoms with Crippen LogP contribution in [0, 0.1) is 0 Å². The summed E-state index contributed by atoms with van der Waals surface area (Å²) in [6.45, 7) is 12.2. The standard InChI is InChI=1S/C23H30N6S/c1-3-26-20-9-8-19-21(24)22(30-23(19)28-20)16(2)27-11-10-17-4-6-18(7-5-17)29-14-12-25-13-15-29/h4-9,25,27H,2-3,10-15,24H2,1H3,(H,26,28). The van der Waals surface area contributed by atoms with Gasteiger partial charge in [0.25, 0.3) is 0 Å². The molecule has 1 fully saturated rings. The third kappa shape index (κ3) is 4.52. The summed E-state index contributed by atoms with van der Waals surface area (Å²) in [4.78, 5) is 8.99. The fourth-order valence-electron chi connectivity index (χ4n) is 3.74. The van der Waals surface area contributed by atoms with Crippen molar-refractivity contribution in [3.05, 3.63) is 53.4 Å². The van der Waals surface area contributed by atoms with Gasteiger partial charge in [-0.05, 0) is 43.2 Å². The van der Waals surface area contributed by atoms with E-state index in [4.69, 9.17) is 5.73 Å². The van der Waals surface area contributed by atoms with Crippen LogP contribution in [0.5, 0.6) is 0 Å². The molecule has 1 aliphatic heterocycles. The monoisotopic (exact) mass is 422 g/mol. The average Bonchev–Trinajstić information content (AvgIpc) is 3.11. The Morgan fingerprint density at radius 1 is 1.20 bits per heavy atom. The molecule has 7 heteroatoms. The molecule has 0 radical (unpaired) electrons. The number of nitrogens with zero attached hydrogens (tertiary/aromatic N) is 2. The van der Waals surface area contributed by atoms with Crippen molar-refractivity contribution in [2.75, 3.05) is 55.2 Å². The van der Waals surface area contributed by atoms with Gasteiger partial charge in [-0.3, -0.25) is 0 Å². The van der Waals surface area contributed by atoms with Crippen molar-refractivity contribution in [3.63, 3.8) is 0 Å². The van der Waals surface area contributed by atoms with Gasteiger partial charge < -0.3 is 26.6 Å². The van der Waals surface area contributed by atoms with Crippen LogP contribution in [0.1, 0.15) is 17.4 Å². The van der Waals surface area contributed by atoms with E-state index in [1.165, 1.54) is 11.3 Å². The lowest BCUT2D eigenvalue weighted by atomic mass is 10.1. The van der Waals surface area contributed by atoms with Crippen molar-refractivity contribution in [3.8, 4) is 0 Å². The van der Waals surface area contributed by atoms with Gasteiger partial charge in [0.05, 0.1) is 10.6 Å². The zero-order chi connectivity index (χ0) is 20.9. The molecule has 3 aromatic rings. The van der Waals surface area contributed by atoms with Gasteiger partial charge in [0.15, 0.2) is 0 Å². The highest BCUT2D eigenvalue weighted by atomic mass is 32.1. The predicted octanol–water partition coefficient (Wildman–Crippen LogP) is 3.52. The lowest BCUT2D eigenvalue weighted by Crippen LogP contribution is -2.43. The molecule has 30 heavy (non-hydrogen) atoms. The van der Waals surface area contributed by atoms with Crippen molar-refractivity contribution in [2.24, 2.45) is 0 Å². The number of benzene rings is 1. The second-order valence-electron chi connectivity index (χ2n) is 7.48. The number of piperazine rings is 1. The largest absolute Gasteiger partial charge is 0.397 e. The zero-order valence-corrected chi connectivity index (χ0v) is 18.3. The normalized spacial score (nSPS) is 14.1. The van der Waals surface area contributed by atoms with Gasteiger partial charge in [0, 0.05) is 56.0 Å². The van der Waals surface area contributed by atoms with E-state index in [-0.39, 0.29) is 0 Å². The minimum atomic E-state index is 0.753. The molecule has 0 bridgehead atoms. The number of pyridine rings is 1. The molecule has 0 aliphatic carbocycles. The Kier molecular flexibility index (Phi) is 6.40. The van der Waals surface area contributed by atoms with Crippen molar-refractivity contribution in [1.29, 1.82) is 0 Å². The molecule has 3 heterocycles. The maximum absolute atomic E-state index is 6.37. The second kappa shape index (κ2) is 9.36. The summed E-state index contributed by atoms with van der Waals surface area (Å²) in [6.07, 6.45) is 0.939. The third-order valence-corrected chi connectivity index (χ3v) is 6.57. The Hall–Kier alpha value is -2.77. The number of rotatable bonds is 8. The van der Waals surface area contributed by atoms with Crippen molar-refractivity contribution >= 4 is 44.4 Å². The number of nitrogens with one attached hydrogen (secondary N) is 3. The Balaban J connectivity index is 1.35. The number of hydrogen-bond donors (Lipinski definition) is 4. The van der Waals surface area contributed by atoms with E-state index in [9.17, 15) is 0 Å². The summed E-state index contributed by atoms with van der Waals surface area (Å²) in [5.74, 6) is 0.876. The Bertz CT molecular complexity index is 1000. The lowest BCUT2D eigenvalue weighted by Gasteiger charge is -2.29. The topological polar surface area (TPSA) is 78.2 Å². The van der Waals surface area contributed by atoms with Crippen LogP contribution in [-0.2, 0) is 6.42 Å². The molecule has 0 atom stereocenters. The quantitative estimate of drug-likeness (QED) is 0.445. The fourth-order valence-corrected chi connectivity index (χ4v) is 4.78. The highest BCUT2D eigenvalue weighted by molar-refractivity contribution is 7.20. The first-order valence-corrected chi connectivity index (χ1v) is 11.4. The second-order valence-corrected chi connectivity index (χ2v) is 8.48. The van der Waals surface area contributed by atoms with Crippen LogP contribution in [0.2, 0.25) is 0 Å². The molecular formula is C23H30N6S. The first kappa shape index (κ1) is 20.5. The predicted molar refractivity (Wildman–Crippen MR) is 130 cm³/mol. The molecule has 1 saturated heterocycles. The van der Waals surface area contributed by atoms with E-state index in [2.05, 4.69) is 63.6 Å². The zero-order valence-electron chi connectivity index (χ0n) is 17.5. The molecule has 1 aliphatic rings. The minimum absolute atomic E-state index is 0.753. The molecule has 6 nitrogen and oxygen atoms in total. The van der Waals surface area contributed by atoms with Crippen molar-refractivity contribution in [1.82, 2.24) is 15.6 Å². The summed E-state index contributed by atoms with van der Waals surface area (Å²) < 4.78 is 0. The maximum Gasteiger partial charge on any atom is 0.128 e. The van der Waals surface area contributed by atoms with E-state index in [1.807, 2.05) is 12.1 Å². The van der Waals surface area contributed by atoms with Gasteiger partial charge >= 0.3 is 0 Å². The summed E-state index contributed by atoms with van der Waals surface area (Å²) in [7, 11) is 0. The number of thiophene rings is 1. The summed E-state index contributed by atoms with van der Waals surface area (Å²) in [6, 6.07) is 12.9. The van der Waals surface area contributed by atoms with Gasteiger partial charge in [0.1, 0.15) is 10.6 Å². The number of nitrogens with two attached hydrogens (primary N) is 1. The number of hydrogen-bond acceptors (Lipinski definition) is 7. The van der Waals surface area contributed by atoms with Crippen molar-refractivity contribution in [2.45, 2.75) is 13.3 Å². The minimum Gasteiger partial charge on any atom is -0.397 e. The van der Waals surface area contributed by atoms with Crippen LogP contribution >= 0.6 is 11.3 Å². The lowest BCUT2D eigenvalue weighted by molar-refractivity contribution is 0.589. The highest BCUT2D eigenvalue weighted by Crippen LogP contribution is 2.36. The van der Waals surface area contributed by atoms with Crippen LogP contribution in [-0.4, -0.2) is 44.3 Å². The van der Waals surface area contributed by atoms with Gasteiger partial charge in [-0.25, -0.2) is 4.98 Å². The number of fused-ring (bicyclic) bond motifs is 1. The van der Waals surface area contributed by atoms with Crippen LogP contribution in [0.4, 0.5) is 17.2 Å². The van der Waals surface area contributed by atoms with E-state index in [0.717, 1.165) is 78.0 Å². The number of anilines is 3. The van der Waals surface area contributed by atoms with E-state index >= 15 is 0 Å². The van der Waals surface area contributed by atoms with Crippen molar-refractivity contribution < 1.29 is 0 Å². The summed E-state index contributed by atoms with van der Waals surface area (Å²) in [5.41, 5.74) is 10.6. The van der Waals surface area contributed by atoms with Gasteiger partial charge in [0.2, 0.25) is 0 Å². The third-order valence-electron chi connectivity index (χ3n) is 5.40. The molecule has 158 valence electrons. The number of aromatic nitrogens is 1. The molecule has 0 spiro atoms. The average molecular weight is 423 g/mol.